The van der Waals surface area contributed by atoms with E-state index in [4.69, 9.17) is 26.7 Å². The molecule has 0 amide bonds. The fourth-order valence-electron chi connectivity index (χ4n) is 4.87. The van der Waals surface area contributed by atoms with Crippen LogP contribution in [0.15, 0.2) is 67.3 Å². The summed E-state index contributed by atoms with van der Waals surface area (Å²) in [6.07, 6.45) is 4.86. The lowest BCUT2D eigenvalue weighted by molar-refractivity contribution is -0.137. The number of hydrogen-bond donors (Lipinski definition) is 3. The number of alkyl halides is 3. The smallest absolute Gasteiger partial charge is 0.416 e. The Morgan fingerprint density at radius 1 is 0.581 bits per heavy atom. The molecule has 0 aliphatic rings. The molecule has 8 heteroatoms. The van der Waals surface area contributed by atoms with E-state index in [1.807, 2.05) is 42.5 Å². The van der Waals surface area contributed by atoms with Crippen LogP contribution in [0.2, 0.25) is 0 Å². The van der Waals surface area contributed by atoms with Gasteiger partial charge in [-0.3, -0.25) is 0 Å². The molecule has 0 heterocycles. The summed E-state index contributed by atoms with van der Waals surface area (Å²) < 4.78 is 54.7. The maximum atomic E-state index is 14.3. The van der Waals surface area contributed by atoms with E-state index in [-0.39, 0.29) is 0 Å². The zero-order valence-corrected chi connectivity index (χ0v) is 25.1. The van der Waals surface area contributed by atoms with Gasteiger partial charge < -0.3 is 26.7 Å². The average Bonchev–Trinajstić information content (AvgIpc) is 2.99. The van der Waals surface area contributed by atoms with Crippen LogP contribution in [-0.2, 0) is 19.0 Å². The average molecular weight is 598 g/mol. The topological polar surface area (TPSA) is 96.5 Å². The highest BCUT2D eigenvalue weighted by atomic mass is 19.4. The SMILES string of the molecule is C=CCCCCc1cc(OCCCN)cc(-c2cc(-c3cc(CCCCN)cc(OCCCN)c3)cc(C(F)(F)F)c2)c1. The molecule has 234 valence electrons. The van der Waals surface area contributed by atoms with Gasteiger partial charge in [-0.2, -0.15) is 13.2 Å². The second-order valence-electron chi connectivity index (χ2n) is 10.8. The lowest BCUT2D eigenvalue weighted by Crippen LogP contribution is -2.07. The summed E-state index contributed by atoms with van der Waals surface area (Å²) in [5.41, 5.74) is 20.5. The molecule has 0 bridgehead atoms. The van der Waals surface area contributed by atoms with Crippen molar-refractivity contribution >= 4 is 0 Å². The Hall–Kier alpha value is -3.33. The molecule has 0 saturated heterocycles. The van der Waals surface area contributed by atoms with E-state index >= 15 is 0 Å². The minimum absolute atomic E-state index is 0.433. The normalized spacial score (nSPS) is 11.5. The van der Waals surface area contributed by atoms with Gasteiger partial charge in [-0.1, -0.05) is 18.2 Å². The third kappa shape index (κ3) is 11.4. The van der Waals surface area contributed by atoms with E-state index in [2.05, 4.69) is 6.58 Å². The fourth-order valence-corrected chi connectivity index (χ4v) is 4.87. The van der Waals surface area contributed by atoms with Gasteiger partial charge in [-0.15, -0.1) is 6.58 Å². The molecule has 6 N–H and O–H groups in total. The van der Waals surface area contributed by atoms with Gasteiger partial charge in [-0.05, 0) is 153 Å². The number of halogens is 3. The Balaban J connectivity index is 2.10. The number of unbranched alkanes of at least 4 members (excludes halogenated alkanes) is 3. The highest BCUT2D eigenvalue weighted by Crippen LogP contribution is 2.38. The first-order valence-corrected chi connectivity index (χ1v) is 15.2. The van der Waals surface area contributed by atoms with Crippen LogP contribution < -0.4 is 26.7 Å². The van der Waals surface area contributed by atoms with E-state index in [0.717, 1.165) is 56.1 Å². The molecular weight excluding hydrogens is 551 g/mol. The number of hydrogen-bond acceptors (Lipinski definition) is 5. The zero-order valence-electron chi connectivity index (χ0n) is 25.1. The van der Waals surface area contributed by atoms with Crippen molar-refractivity contribution in [3.8, 4) is 33.8 Å². The summed E-state index contributed by atoms with van der Waals surface area (Å²) >= 11 is 0. The quantitative estimate of drug-likeness (QED) is 0.0973. The van der Waals surface area contributed by atoms with E-state index in [9.17, 15) is 13.2 Å². The van der Waals surface area contributed by atoms with Crippen LogP contribution in [0.4, 0.5) is 13.2 Å². The molecule has 0 unspecified atom stereocenters. The van der Waals surface area contributed by atoms with Crippen LogP contribution in [0.25, 0.3) is 22.3 Å². The third-order valence-electron chi connectivity index (χ3n) is 7.14. The zero-order chi connectivity index (χ0) is 31.1. The first-order valence-electron chi connectivity index (χ1n) is 15.2. The fraction of sp³-hybridized carbons (Fsp3) is 0.429. The van der Waals surface area contributed by atoms with Crippen LogP contribution in [0.3, 0.4) is 0 Å². The Morgan fingerprint density at radius 2 is 1.05 bits per heavy atom. The maximum Gasteiger partial charge on any atom is 0.416 e. The second kappa shape index (κ2) is 17.7. The van der Waals surface area contributed by atoms with Crippen molar-refractivity contribution < 1.29 is 22.6 Å². The van der Waals surface area contributed by atoms with Gasteiger partial charge >= 0.3 is 6.18 Å². The van der Waals surface area contributed by atoms with Gasteiger partial charge in [0.15, 0.2) is 0 Å². The predicted molar refractivity (Wildman–Crippen MR) is 170 cm³/mol. The maximum absolute atomic E-state index is 14.3. The van der Waals surface area contributed by atoms with Crippen LogP contribution >= 0.6 is 0 Å². The molecule has 0 aliphatic carbocycles. The van der Waals surface area contributed by atoms with Gasteiger partial charge in [-0.25, -0.2) is 0 Å². The second-order valence-corrected chi connectivity index (χ2v) is 10.8. The summed E-state index contributed by atoms with van der Waals surface area (Å²) in [5, 5.41) is 0. The number of allylic oxidation sites excluding steroid dienone is 1. The van der Waals surface area contributed by atoms with Crippen LogP contribution in [-0.4, -0.2) is 32.8 Å². The lowest BCUT2D eigenvalue weighted by atomic mass is 9.93. The molecular formula is C35H46F3N3O2. The summed E-state index contributed by atoms with van der Waals surface area (Å²) in [6.45, 7) is 6.23. The van der Waals surface area contributed by atoms with E-state index in [1.54, 1.807) is 6.07 Å². The van der Waals surface area contributed by atoms with Crippen LogP contribution in [0.1, 0.15) is 61.6 Å². The Labute approximate surface area is 254 Å². The summed E-state index contributed by atoms with van der Waals surface area (Å²) in [5.74, 6) is 1.24. The standard InChI is InChI=1S/C35H46F3N3O2/c1-2-3-4-5-10-26-17-28(24-33(19-26)42-15-8-13-40)30-21-31(23-32(22-30)35(36,37)38)29-18-27(11-6-7-12-39)20-34(25-29)43-16-9-14-41/h2,17-25H,1,3-16,39-41H2. The monoisotopic (exact) mass is 597 g/mol. The number of benzene rings is 3. The Morgan fingerprint density at radius 3 is 1.49 bits per heavy atom. The lowest BCUT2D eigenvalue weighted by Gasteiger charge is -2.17. The number of ether oxygens (including phenoxy) is 2. The Bertz CT molecular complexity index is 1270. The molecule has 3 aromatic rings. The van der Waals surface area contributed by atoms with Gasteiger partial charge in [0.05, 0.1) is 18.8 Å². The predicted octanol–water partition coefficient (Wildman–Crippen LogP) is 7.67. The van der Waals surface area contributed by atoms with E-state index < -0.39 is 11.7 Å². The van der Waals surface area contributed by atoms with Crippen molar-refractivity contribution in [1.82, 2.24) is 0 Å². The molecule has 0 radical (unpaired) electrons. The Kier molecular flexibility index (Phi) is 14.1. The largest absolute Gasteiger partial charge is 0.494 e. The van der Waals surface area contributed by atoms with Crippen LogP contribution in [0.5, 0.6) is 11.5 Å². The van der Waals surface area contributed by atoms with Crippen molar-refractivity contribution in [2.45, 2.75) is 64.0 Å². The van der Waals surface area contributed by atoms with Gasteiger partial charge in [0.2, 0.25) is 0 Å². The van der Waals surface area contributed by atoms with E-state index in [1.165, 1.54) is 12.1 Å². The first kappa shape index (κ1) is 34.2. The minimum atomic E-state index is -4.52. The van der Waals surface area contributed by atoms with Gasteiger partial charge in [0, 0.05) is 0 Å². The molecule has 0 fully saturated rings. The van der Waals surface area contributed by atoms with Crippen molar-refractivity contribution in [2.24, 2.45) is 17.2 Å². The molecule has 3 rings (SSSR count). The number of aryl methyl sites for hydroxylation is 2. The third-order valence-corrected chi connectivity index (χ3v) is 7.14. The van der Waals surface area contributed by atoms with Gasteiger partial charge in [0.1, 0.15) is 11.5 Å². The molecule has 3 aromatic carbocycles. The van der Waals surface area contributed by atoms with Crippen molar-refractivity contribution in [2.75, 3.05) is 32.8 Å². The summed E-state index contributed by atoms with van der Waals surface area (Å²) in [4.78, 5) is 0. The molecule has 0 aliphatic heterocycles. The number of rotatable bonds is 19. The highest BCUT2D eigenvalue weighted by molar-refractivity contribution is 5.76. The van der Waals surface area contributed by atoms with Crippen LogP contribution in [0, 0.1) is 0 Å². The highest BCUT2D eigenvalue weighted by Gasteiger charge is 2.31. The van der Waals surface area contributed by atoms with E-state index in [0.29, 0.717) is 79.4 Å². The van der Waals surface area contributed by atoms with Crippen molar-refractivity contribution in [3.05, 3.63) is 83.9 Å². The first-order chi connectivity index (χ1) is 20.8. The molecule has 43 heavy (non-hydrogen) atoms. The van der Waals surface area contributed by atoms with Crippen molar-refractivity contribution in [3.63, 3.8) is 0 Å². The molecule has 0 atom stereocenters. The molecule has 0 saturated carbocycles. The minimum Gasteiger partial charge on any atom is -0.494 e. The number of nitrogens with two attached hydrogens (primary N) is 3. The van der Waals surface area contributed by atoms with Crippen molar-refractivity contribution in [1.29, 1.82) is 0 Å². The molecule has 0 spiro atoms. The molecule has 0 aromatic heterocycles. The summed E-state index contributed by atoms with van der Waals surface area (Å²) in [6, 6.07) is 15.7. The van der Waals surface area contributed by atoms with Gasteiger partial charge in [0.25, 0.3) is 0 Å². The molecule has 5 nitrogen and oxygen atoms in total. The summed E-state index contributed by atoms with van der Waals surface area (Å²) in [7, 11) is 0.